The summed E-state index contributed by atoms with van der Waals surface area (Å²) in [5.74, 6) is 1.80. The number of piperazine rings is 1. The molecule has 120 valence electrons. The summed E-state index contributed by atoms with van der Waals surface area (Å²) < 4.78 is 0. The molecule has 0 saturated carbocycles. The van der Waals surface area contributed by atoms with Crippen LogP contribution in [0.4, 0.5) is 29.0 Å². The molecule has 2 aromatic heterocycles. The summed E-state index contributed by atoms with van der Waals surface area (Å²) in [5.41, 5.74) is 1.75. The van der Waals surface area contributed by atoms with Gasteiger partial charge in [0.1, 0.15) is 11.5 Å². The molecule has 1 fully saturated rings. The molecule has 0 bridgehead atoms. The van der Waals surface area contributed by atoms with Gasteiger partial charge in [0.15, 0.2) is 5.82 Å². The molecule has 2 aromatic rings. The third kappa shape index (κ3) is 3.54. The van der Waals surface area contributed by atoms with E-state index in [2.05, 4.69) is 47.5 Å². The van der Waals surface area contributed by atoms with Gasteiger partial charge in [-0.3, -0.25) is 4.99 Å². The van der Waals surface area contributed by atoms with Crippen LogP contribution in [-0.4, -0.2) is 54.9 Å². The molecule has 0 atom stereocenters. The second-order valence-electron chi connectivity index (χ2n) is 5.10. The highest BCUT2D eigenvalue weighted by molar-refractivity contribution is 5.65. The zero-order valence-electron chi connectivity index (χ0n) is 13.1. The number of hydrogen-bond donors (Lipinski definition) is 3. The Bertz CT molecular complexity index is 681. The Morgan fingerprint density at radius 2 is 2.13 bits per heavy atom. The van der Waals surface area contributed by atoms with E-state index in [1.807, 2.05) is 12.1 Å². The molecule has 8 heteroatoms. The summed E-state index contributed by atoms with van der Waals surface area (Å²) in [6.45, 7) is 7.47. The maximum absolute atomic E-state index is 4.37. The standard InChI is InChI=1S/C15H20N8/c1-16-12-10-20-15(22-14(12)17-2)21-13-9-11(3-4-19-13)23-7-5-18-6-8-23/h3-4,9-10,18H,1,5-8H2,2H3,(H2,17,19,20,21,22). The first-order valence-electron chi connectivity index (χ1n) is 7.50. The maximum Gasteiger partial charge on any atom is 0.230 e. The van der Waals surface area contributed by atoms with Crippen molar-refractivity contribution in [1.29, 1.82) is 0 Å². The number of rotatable bonds is 5. The molecule has 0 radical (unpaired) electrons. The van der Waals surface area contributed by atoms with Gasteiger partial charge in [0.25, 0.3) is 0 Å². The third-order valence-corrected chi connectivity index (χ3v) is 3.64. The van der Waals surface area contributed by atoms with Gasteiger partial charge in [-0.15, -0.1) is 0 Å². The number of aromatic nitrogens is 3. The SMILES string of the molecule is C=Nc1cnc(Nc2cc(N3CCNCC3)ccn2)nc1NC. The van der Waals surface area contributed by atoms with Crippen molar-refractivity contribution in [2.75, 3.05) is 48.8 Å². The zero-order chi connectivity index (χ0) is 16.1. The number of nitrogens with zero attached hydrogens (tertiary/aromatic N) is 5. The highest BCUT2D eigenvalue weighted by Gasteiger charge is 2.11. The predicted octanol–water partition coefficient (Wildman–Crippen LogP) is 1.40. The monoisotopic (exact) mass is 312 g/mol. The average molecular weight is 312 g/mol. The fraction of sp³-hybridized carbons (Fsp3) is 0.333. The maximum atomic E-state index is 4.37. The summed E-state index contributed by atoms with van der Waals surface area (Å²) >= 11 is 0. The summed E-state index contributed by atoms with van der Waals surface area (Å²) in [4.78, 5) is 19.1. The molecule has 0 unspecified atom stereocenters. The number of hydrogen-bond acceptors (Lipinski definition) is 8. The van der Waals surface area contributed by atoms with Crippen LogP contribution in [-0.2, 0) is 0 Å². The van der Waals surface area contributed by atoms with E-state index in [4.69, 9.17) is 0 Å². The van der Waals surface area contributed by atoms with Gasteiger partial charge in [0.2, 0.25) is 5.95 Å². The van der Waals surface area contributed by atoms with E-state index >= 15 is 0 Å². The number of nitrogens with one attached hydrogen (secondary N) is 3. The van der Waals surface area contributed by atoms with Crippen LogP contribution in [0.5, 0.6) is 0 Å². The van der Waals surface area contributed by atoms with Crippen molar-refractivity contribution < 1.29 is 0 Å². The molecule has 1 aliphatic rings. The van der Waals surface area contributed by atoms with Crippen LogP contribution in [0.3, 0.4) is 0 Å². The van der Waals surface area contributed by atoms with Crippen LogP contribution < -0.4 is 20.9 Å². The third-order valence-electron chi connectivity index (χ3n) is 3.64. The van der Waals surface area contributed by atoms with Gasteiger partial charge in [-0.1, -0.05) is 0 Å². The predicted molar refractivity (Wildman–Crippen MR) is 93.4 cm³/mol. The Kier molecular flexibility index (Phi) is 4.62. The second kappa shape index (κ2) is 7.01. The minimum atomic E-state index is 0.465. The number of aliphatic imine (C=N–C) groups is 1. The van der Waals surface area contributed by atoms with Crippen molar-refractivity contribution >= 4 is 35.7 Å². The molecule has 0 aliphatic carbocycles. The summed E-state index contributed by atoms with van der Waals surface area (Å²) in [7, 11) is 1.78. The molecule has 23 heavy (non-hydrogen) atoms. The van der Waals surface area contributed by atoms with Crippen LogP contribution in [0.15, 0.2) is 29.5 Å². The summed E-state index contributed by atoms with van der Waals surface area (Å²) in [5, 5.41) is 9.46. The van der Waals surface area contributed by atoms with E-state index < -0.39 is 0 Å². The van der Waals surface area contributed by atoms with Crippen LogP contribution in [0.1, 0.15) is 0 Å². The van der Waals surface area contributed by atoms with Crippen LogP contribution in [0, 0.1) is 0 Å². The minimum absolute atomic E-state index is 0.465. The molecule has 3 heterocycles. The van der Waals surface area contributed by atoms with Gasteiger partial charge >= 0.3 is 0 Å². The van der Waals surface area contributed by atoms with Crippen molar-refractivity contribution in [3.63, 3.8) is 0 Å². The van der Waals surface area contributed by atoms with Crippen LogP contribution >= 0.6 is 0 Å². The average Bonchev–Trinajstić information content (AvgIpc) is 2.62. The molecule has 1 aliphatic heterocycles. The van der Waals surface area contributed by atoms with Crippen molar-refractivity contribution in [1.82, 2.24) is 20.3 Å². The van der Waals surface area contributed by atoms with Crippen LogP contribution in [0.2, 0.25) is 0 Å². The van der Waals surface area contributed by atoms with E-state index in [1.54, 1.807) is 19.4 Å². The lowest BCUT2D eigenvalue weighted by molar-refractivity contribution is 0.589. The highest BCUT2D eigenvalue weighted by Crippen LogP contribution is 2.24. The molecule has 3 rings (SSSR count). The lowest BCUT2D eigenvalue weighted by atomic mass is 10.3. The Hall–Kier alpha value is -2.74. The molecule has 3 N–H and O–H groups in total. The molecule has 1 saturated heterocycles. The fourth-order valence-electron chi connectivity index (χ4n) is 2.46. The topological polar surface area (TPSA) is 90.4 Å². The van der Waals surface area contributed by atoms with Gasteiger partial charge in [-0.2, -0.15) is 4.98 Å². The van der Waals surface area contributed by atoms with E-state index in [1.165, 1.54) is 0 Å². The summed E-state index contributed by atoms with van der Waals surface area (Å²) in [6, 6.07) is 4.02. The molecule has 0 spiro atoms. The molecular formula is C15H20N8. The van der Waals surface area contributed by atoms with Gasteiger partial charge in [0, 0.05) is 51.2 Å². The van der Waals surface area contributed by atoms with Gasteiger partial charge in [-0.05, 0) is 12.8 Å². The Balaban J connectivity index is 1.78. The van der Waals surface area contributed by atoms with Gasteiger partial charge in [-0.25, -0.2) is 9.97 Å². The Morgan fingerprint density at radius 3 is 2.87 bits per heavy atom. The fourth-order valence-corrected chi connectivity index (χ4v) is 2.46. The van der Waals surface area contributed by atoms with Gasteiger partial charge < -0.3 is 20.9 Å². The molecule has 0 amide bonds. The van der Waals surface area contributed by atoms with Crippen molar-refractivity contribution in [2.45, 2.75) is 0 Å². The Labute approximate surface area is 135 Å². The number of pyridine rings is 1. The van der Waals surface area contributed by atoms with E-state index in [0.29, 0.717) is 23.3 Å². The first-order valence-corrected chi connectivity index (χ1v) is 7.50. The van der Waals surface area contributed by atoms with Crippen molar-refractivity contribution in [3.8, 4) is 0 Å². The minimum Gasteiger partial charge on any atom is -0.371 e. The zero-order valence-corrected chi connectivity index (χ0v) is 13.1. The van der Waals surface area contributed by atoms with E-state index in [0.717, 1.165) is 31.9 Å². The van der Waals surface area contributed by atoms with E-state index in [9.17, 15) is 0 Å². The molecular weight excluding hydrogens is 292 g/mol. The lowest BCUT2D eigenvalue weighted by Gasteiger charge is -2.29. The normalized spacial score (nSPS) is 14.4. The van der Waals surface area contributed by atoms with Crippen LogP contribution in [0.25, 0.3) is 0 Å². The molecule has 0 aromatic carbocycles. The highest BCUT2D eigenvalue weighted by atomic mass is 15.2. The lowest BCUT2D eigenvalue weighted by Crippen LogP contribution is -2.43. The second-order valence-corrected chi connectivity index (χ2v) is 5.10. The first kappa shape index (κ1) is 15.2. The van der Waals surface area contributed by atoms with Gasteiger partial charge in [0.05, 0.1) is 6.20 Å². The quantitative estimate of drug-likeness (QED) is 0.719. The Morgan fingerprint density at radius 1 is 1.30 bits per heavy atom. The number of anilines is 4. The largest absolute Gasteiger partial charge is 0.371 e. The van der Waals surface area contributed by atoms with E-state index in [-0.39, 0.29) is 0 Å². The van der Waals surface area contributed by atoms with Crippen molar-refractivity contribution in [2.24, 2.45) is 4.99 Å². The smallest absolute Gasteiger partial charge is 0.230 e. The summed E-state index contributed by atoms with van der Waals surface area (Å²) in [6.07, 6.45) is 3.41. The van der Waals surface area contributed by atoms with Crippen molar-refractivity contribution in [3.05, 3.63) is 24.5 Å². The first-order chi connectivity index (χ1) is 11.3. The molecule has 8 nitrogen and oxygen atoms in total.